The van der Waals surface area contributed by atoms with Gasteiger partial charge in [0.2, 0.25) is 5.91 Å². The van der Waals surface area contributed by atoms with Gasteiger partial charge >= 0.3 is 12.0 Å². The van der Waals surface area contributed by atoms with Crippen LogP contribution in [-0.2, 0) is 9.59 Å². The molecule has 0 aromatic rings. The van der Waals surface area contributed by atoms with E-state index in [0.29, 0.717) is 11.8 Å². The summed E-state index contributed by atoms with van der Waals surface area (Å²) in [6.07, 6.45) is 2.54. The van der Waals surface area contributed by atoms with Crippen LogP contribution in [0.3, 0.4) is 0 Å². The first-order chi connectivity index (χ1) is 9.29. The minimum absolute atomic E-state index is 0.0363. The third kappa shape index (κ3) is 5.07. The second-order valence-electron chi connectivity index (χ2n) is 5.68. The van der Waals surface area contributed by atoms with E-state index in [1.54, 1.807) is 0 Å². The lowest BCUT2D eigenvalue weighted by Gasteiger charge is -2.33. The molecule has 0 aromatic heterocycles. The molecule has 0 spiro atoms. The third-order valence-electron chi connectivity index (χ3n) is 3.76. The summed E-state index contributed by atoms with van der Waals surface area (Å²) in [7, 11) is 0. The Morgan fingerprint density at radius 2 is 1.95 bits per heavy atom. The fraction of sp³-hybridized carbons (Fsp3) is 0.769. The monoisotopic (exact) mass is 285 g/mol. The summed E-state index contributed by atoms with van der Waals surface area (Å²) >= 11 is 0. The largest absolute Gasteiger partial charge is 0.480 e. The van der Waals surface area contributed by atoms with Gasteiger partial charge in [-0.2, -0.15) is 0 Å². The van der Waals surface area contributed by atoms with Gasteiger partial charge in [-0.05, 0) is 31.1 Å². The number of urea groups is 1. The maximum Gasteiger partial charge on any atom is 0.326 e. The Morgan fingerprint density at radius 3 is 2.45 bits per heavy atom. The van der Waals surface area contributed by atoms with E-state index in [4.69, 9.17) is 10.8 Å². The van der Waals surface area contributed by atoms with E-state index in [1.165, 1.54) is 0 Å². The van der Waals surface area contributed by atoms with Crippen molar-refractivity contribution in [3.05, 3.63) is 0 Å². The summed E-state index contributed by atoms with van der Waals surface area (Å²) in [6, 6.07) is -1.82. The molecule has 0 saturated heterocycles. The van der Waals surface area contributed by atoms with Gasteiger partial charge in [0.1, 0.15) is 6.04 Å². The van der Waals surface area contributed by atoms with Crippen molar-refractivity contribution in [2.45, 2.75) is 51.6 Å². The first kappa shape index (κ1) is 16.3. The Balaban J connectivity index is 2.49. The zero-order chi connectivity index (χ0) is 15.3. The van der Waals surface area contributed by atoms with Gasteiger partial charge < -0.3 is 21.5 Å². The van der Waals surface area contributed by atoms with Crippen molar-refractivity contribution in [1.82, 2.24) is 10.6 Å². The highest BCUT2D eigenvalue weighted by atomic mass is 16.4. The predicted octanol–water partition coefficient (Wildman–Crippen LogP) is 0.439. The standard InChI is InChI=1S/C13H23N3O4/c1-7-3-4-9(8(2)5-7)15-13(20)16-10(12(18)19)6-11(14)17/h7-10H,3-6H2,1-2H3,(H2,14,17)(H,18,19)(H2,15,16,20). The molecule has 1 saturated carbocycles. The van der Waals surface area contributed by atoms with Gasteiger partial charge in [-0.1, -0.05) is 13.8 Å². The van der Waals surface area contributed by atoms with Crippen molar-refractivity contribution in [2.75, 3.05) is 0 Å². The van der Waals surface area contributed by atoms with Gasteiger partial charge in [0.05, 0.1) is 6.42 Å². The van der Waals surface area contributed by atoms with E-state index in [1.807, 2.05) is 0 Å². The number of hydrogen-bond acceptors (Lipinski definition) is 3. The first-order valence-electron chi connectivity index (χ1n) is 6.87. The van der Waals surface area contributed by atoms with Crippen LogP contribution in [-0.4, -0.2) is 35.1 Å². The summed E-state index contributed by atoms with van der Waals surface area (Å²) in [4.78, 5) is 33.5. The molecule has 20 heavy (non-hydrogen) atoms. The van der Waals surface area contributed by atoms with Crippen LogP contribution in [0.5, 0.6) is 0 Å². The molecule has 7 heteroatoms. The number of primary amides is 1. The molecule has 0 aliphatic heterocycles. The minimum atomic E-state index is -1.29. The Hall–Kier alpha value is -1.79. The number of nitrogens with one attached hydrogen (secondary N) is 2. The van der Waals surface area contributed by atoms with Crippen molar-refractivity contribution in [3.8, 4) is 0 Å². The Bertz CT molecular complexity index is 386. The topological polar surface area (TPSA) is 122 Å². The van der Waals surface area contributed by atoms with Crippen molar-refractivity contribution in [1.29, 1.82) is 0 Å². The normalized spacial score (nSPS) is 27.4. The Labute approximate surface area is 118 Å². The van der Waals surface area contributed by atoms with E-state index in [9.17, 15) is 14.4 Å². The molecule has 0 aromatic carbocycles. The summed E-state index contributed by atoms with van der Waals surface area (Å²) in [6.45, 7) is 4.25. The Morgan fingerprint density at radius 1 is 1.30 bits per heavy atom. The van der Waals surface area contributed by atoms with Crippen LogP contribution in [0.1, 0.15) is 39.5 Å². The number of rotatable bonds is 5. The van der Waals surface area contributed by atoms with Crippen molar-refractivity contribution in [2.24, 2.45) is 17.6 Å². The van der Waals surface area contributed by atoms with Gasteiger partial charge in [-0.25, -0.2) is 9.59 Å². The molecule has 1 aliphatic carbocycles. The number of carbonyl (C=O) groups excluding carboxylic acids is 2. The fourth-order valence-corrected chi connectivity index (χ4v) is 2.65. The molecule has 1 aliphatic rings. The van der Waals surface area contributed by atoms with Crippen molar-refractivity contribution in [3.63, 3.8) is 0 Å². The van der Waals surface area contributed by atoms with E-state index in [2.05, 4.69) is 24.5 Å². The van der Waals surface area contributed by atoms with Crippen molar-refractivity contribution >= 4 is 17.9 Å². The van der Waals surface area contributed by atoms with Gasteiger partial charge in [0.25, 0.3) is 0 Å². The molecule has 0 heterocycles. The predicted molar refractivity (Wildman–Crippen MR) is 72.9 cm³/mol. The van der Waals surface area contributed by atoms with Crippen LogP contribution in [0.25, 0.3) is 0 Å². The third-order valence-corrected chi connectivity index (χ3v) is 3.76. The number of nitrogens with two attached hydrogens (primary N) is 1. The van der Waals surface area contributed by atoms with E-state index < -0.39 is 30.4 Å². The smallest absolute Gasteiger partial charge is 0.326 e. The zero-order valence-corrected chi connectivity index (χ0v) is 11.9. The minimum Gasteiger partial charge on any atom is -0.480 e. The zero-order valence-electron chi connectivity index (χ0n) is 11.9. The molecular formula is C13H23N3O4. The van der Waals surface area contributed by atoms with Crippen LogP contribution >= 0.6 is 0 Å². The molecule has 1 fully saturated rings. The molecule has 4 unspecified atom stereocenters. The number of aliphatic carboxylic acids is 1. The lowest BCUT2D eigenvalue weighted by Crippen LogP contribution is -2.52. The van der Waals surface area contributed by atoms with Crippen LogP contribution < -0.4 is 16.4 Å². The van der Waals surface area contributed by atoms with Gasteiger partial charge in [0.15, 0.2) is 0 Å². The van der Waals surface area contributed by atoms with Crippen molar-refractivity contribution < 1.29 is 19.5 Å². The second-order valence-corrected chi connectivity index (χ2v) is 5.68. The number of carbonyl (C=O) groups is 3. The quantitative estimate of drug-likeness (QED) is 0.585. The maximum atomic E-state index is 11.8. The average molecular weight is 285 g/mol. The van der Waals surface area contributed by atoms with Crippen LogP contribution in [0.4, 0.5) is 4.79 Å². The molecule has 4 atom stereocenters. The molecule has 114 valence electrons. The lowest BCUT2D eigenvalue weighted by atomic mass is 9.80. The summed E-state index contributed by atoms with van der Waals surface area (Å²) in [5.74, 6) is -1.04. The molecule has 7 nitrogen and oxygen atoms in total. The van der Waals surface area contributed by atoms with Crippen LogP contribution in [0.2, 0.25) is 0 Å². The van der Waals surface area contributed by atoms with E-state index in [0.717, 1.165) is 19.3 Å². The van der Waals surface area contributed by atoms with E-state index >= 15 is 0 Å². The van der Waals surface area contributed by atoms with Gasteiger partial charge in [-0.3, -0.25) is 4.79 Å². The first-order valence-corrected chi connectivity index (χ1v) is 6.87. The van der Waals surface area contributed by atoms with Crippen LogP contribution in [0, 0.1) is 11.8 Å². The number of hydrogen-bond donors (Lipinski definition) is 4. The lowest BCUT2D eigenvalue weighted by molar-refractivity contribution is -0.140. The van der Waals surface area contributed by atoms with Crippen LogP contribution in [0.15, 0.2) is 0 Å². The molecule has 3 amide bonds. The van der Waals surface area contributed by atoms with Gasteiger partial charge in [-0.15, -0.1) is 0 Å². The number of amides is 3. The highest BCUT2D eigenvalue weighted by Gasteiger charge is 2.28. The number of carboxylic acids is 1. The molecule has 0 bridgehead atoms. The second kappa shape index (κ2) is 7.12. The number of carboxylic acid groups (broad SMARTS) is 1. The summed E-state index contributed by atoms with van der Waals surface area (Å²) < 4.78 is 0. The molecule has 5 N–H and O–H groups in total. The highest BCUT2D eigenvalue weighted by molar-refractivity contribution is 5.87. The molecule has 1 rings (SSSR count). The summed E-state index contributed by atoms with van der Waals surface area (Å²) in [5, 5.41) is 14.0. The SMILES string of the molecule is CC1CCC(NC(=O)NC(CC(N)=O)C(=O)O)C(C)C1. The highest BCUT2D eigenvalue weighted by Crippen LogP contribution is 2.28. The molecule has 0 radical (unpaired) electrons. The molecular weight excluding hydrogens is 262 g/mol. The average Bonchev–Trinajstić information content (AvgIpc) is 2.31. The van der Waals surface area contributed by atoms with Gasteiger partial charge in [0, 0.05) is 6.04 Å². The Kier molecular flexibility index (Phi) is 5.79. The fourth-order valence-electron chi connectivity index (χ4n) is 2.65. The van der Waals surface area contributed by atoms with E-state index in [-0.39, 0.29) is 6.04 Å². The maximum absolute atomic E-state index is 11.8. The summed E-state index contributed by atoms with van der Waals surface area (Å²) in [5.41, 5.74) is 4.95.